The average molecular weight is 438 g/mol. The minimum absolute atomic E-state index is 0.0467. The molecular formula is C19H20ClN3O5S. The standard InChI is InChI=1S/C19H20ClN3O5S/c20-14-5-3-13(4-6-14)18(26)21-10-8-17(25)28-12-16(24)23-19(27)22-9-7-15-2-1-11-29-15/h1-6,11H,7-10,12H2,(H,21,26)(H2,22,23,24,27). The van der Waals surface area contributed by atoms with E-state index in [1.807, 2.05) is 17.5 Å². The van der Waals surface area contributed by atoms with E-state index >= 15 is 0 Å². The van der Waals surface area contributed by atoms with Gasteiger partial charge in [0.05, 0.1) is 6.42 Å². The largest absolute Gasteiger partial charge is 0.456 e. The summed E-state index contributed by atoms with van der Waals surface area (Å²) >= 11 is 7.33. The number of thiophene rings is 1. The van der Waals surface area contributed by atoms with Crippen molar-refractivity contribution in [2.24, 2.45) is 0 Å². The SMILES string of the molecule is O=C(COC(=O)CCNC(=O)c1ccc(Cl)cc1)NC(=O)NCCc1cccs1. The molecule has 3 N–H and O–H groups in total. The Morgan fingerprint density at radius 1 is 1.00 bits per heavy atom. The monoisotopic (exact) mass is 437 g/mol. The third-order valence-electron chi connectivity index (χ3n) is 3.58. The fourth-order valence-corrected chi connectivity index (χ4v) is 3.00. The Kier molecular flexibility index (Phi) is 9.13. The van der Waals surface area contributed by atoms with Crippen LogP contribution in [-0.2, 0) is 20.7 Å². The molecule has 0 bridgehead atoms. The lowest BCUT2D eigenvalue weighted by Crippen LogP contribution is -2.42. The van der Waals surface area contributed by atoms with Crippen LogP contribution in [0.5, 0.6) is 0 Å². The van der Waals surface area contributed by atoms with E-state index in [1.54, 1.807) is 35.6 Å². The van der Waals surface area contributed by atoms with Crippen LogP contribution < -0.4 is 16.0 Å². The number of benzene rings is 1. The predicted octanol–water partition coefficient (Wildman–Crippen LogP) is 2.13. The zero-order valence-corrected chi connectivity index (χ0v) is 17.0. The number of urea groups is 1. The van der Waals surface area contributed by atoms with Crippen LogP contribution in [0, 0.1) is 0 Å². The Hall–Kier alpha value is -2.91. The fraction of sp³-hybridized carbons (Fsp3) is 0.263. The average Bonchev–Trinajstić information content (AvgIpc) is 3.20. The molecule has 0 saturated heterocycles. The Labute approximate surface area is 176 Å². The first kappa shape index (κ1) is 22.4. The maximum atomic E-state index is 11.9. The van der Waals surface area contributed by atoms with Crippen molar-refractivity contribution in [3.8, 4) is 0 Å². The molecule has 0 radical (unpaired) electrons. The maximum absolute atomic E-state index is 11.9. The number of imide groups is 1. The highest BCUT2D eigenvalue weighted by Crippen LogP contribution is 2.09. The van der Waals surface area contributed by atoms with Gasteiger partial charge in [0.2, 0.25) is 0 Å². The molecule has 2 rings (SSSR count). The van der Waals surface area contributed by atoms with Crippen LogP contribution in [0.15, 0.2) is 41.8 Å². The molecule has 2 aromatic rings. The zero-order valence-electron chi connectivity index (χ0n) is 15.4. The van der Waals surface area contributed by atoms with Gasteiger partial charge in [0.25, 0.3) is 11.8 Å². The van der Waals surface area contributed by atoms with Crippen LogP contribution >= 0.6 is 22.9 Å². The molecule has 1 heterocycles. The molecule has 0 spiro atoms. The second-order valence-corrected chi connectivity index (χ2v) is 7.28. The molecule has 1 aromatic heterocycles. The van der Waals surface area contributed by atoms with Gasteiger partial charge < -0.3 is 15.4 Å². The van der Waals surface area contributed by atoms with Crippen LogP contribution in [0.4, 0.5) is 4.79 Å². The predicted molar refractivity (Wildman–Crippen MR) is 109 cm³/mol. The van der Waals surface area contributed by atoms with Crippen LogP contribution in [0.3, 0.4) is 0 Å². The van der Waals surface area contributed by atoms with Crippen molar-refractivity contribution in [3.63, 3.8) is 0 Å². The van der Waals surface area contributed by atoms with Gasteiger partial charge in [-0.2, -0.15) is 0 Å². The number of halogens is 1. The smallest absolute Gasteiger partial charge is 0.321 e. The van der Waals surface area contributed by atoms with Gasteiger partial charge in [-0.1, -0.05) is 17.7 Å². The Bertz CT molecular complexity index is 840. The number of esters is 1. The molecule has 29 heavy (non-hydrogen) atoms. The van der Waals surface area contributed by atoms with Gasteiger partial charge in [-0.15, -0.1) is 11.3 Å². The highest BCUT2D eigenvalue weighted by atomic mass is 35.5. The van der Waals surface area contributed by atoms with Crippen molar-refractivity contribution in [2.45, 2.75) is 12.8 Å². The number of rotatable bonds is 9. The summed E-state index contributed by atoms with van der Waals surface area (Å²) in [6, 6.07) is 9.51. The molecule has 10 heteroatoms. The van der Waals surface area contributed by atoms with Gasteiger partial charge in [0, 0.05) is 28.6 Å². The summed E-state index contributed by atoms with van der Waals surface area (Å²) in [5.74, 6) is -1.77. The van der Waals surface area contributed by atoms with E-state index in [1.165, 1.54) is 0 Å². The van der Waals surface area contributed by atoms with Crippen LogP contribution in [0.25, 0.3) is 0 Å². The maximum Gasteiger partial charge on any atom is 0.321 e. The lowest BCUT2D eigenvalue weighted by molar-refractivity contribution is -0.148. The van der Waals surface area contributed by atoms with Crippen molar-refractivity contribution in [2.75, 3.05) is 19.7 Å². The Morgan fingerprint density at radius 2 is 1.76 bits per heavy atom. The van der Waals surface area contributed by atoms with E-state index in [9.17, 15) is 19.2 Å². The first-order valence-electron chi connectivity index (χ1n) is 8.73. The Balaban J connectivity index is 1.55. The van der Waals surface area contributed by atoms with Gasteiger partial charge in [0.1, 0.15) is 0 Å². The third-order valence-corrected chi connectivity index (χ3v) is 4.76. The second-order valence-electron chi connectivity index (χ2n) is 5.81. The molecule has 8 nitrogen and oxygen atoms in total. The van der Waals surface area contributed by atoms with Gasteiger partial charge in [-0.3, -0.25) is 19.7 Å². The minimum atomic E-state index is -0.739. The molecule has 0 aliphatic rings. The highest BCUT2D eigenvalue weighted by molar-refractivity contribution is 7.09. The topological polar surface area (TPSA) is 114 Å². The zero-order chi connectivity index (χ0) is 21.1. The van der Waals surface area contributed by atoms with Crippen molar-refractivity contribution < 1.29 is 23.9 Å². The quantitative estimate of drug-likeness (QED) is 0.520. The molecule has 0 aliphatic carbocycles. The second kappa shape index (κ2) is 11.8. The number of nitrogens with one attached hydrogen (secondary N) is 3. The number of hydrogen-bond donors (Lipinski definition) is 3. The van der Waals surface area contributed by atoms with Crippen LogP contribution in [0.1, 0.15) is 21.7 Å². The van der Waals surface area contributed by atoms with E-state index in [4.69, 9.17) is 16.3 Å². The van der Waals surface area contributed by atoms with Crippen molar-refractivity contribution in [1.29, 1.82) is 0 Å². The van der Waals surface area contributed by atoms with Crippen LogP contribution in [0.2, 0.25) is 5.02 Å². The van der Waals surface area contributed by atoms with E-state index < -0.39 is 24.5 Å². The van der Waals surface area contributed by atoms with Crippen molar-refractivity contribution >= 4 is 46.8 Å². The summed E-state index contributed by atoms with van der Waals surface area (Å²) in [6.07, 6.45) is 0.551. The molecule has 4 amide bonds. The number of amides is 4. The lowest BCUT2D eigenvalue weighted by atomic mass is 10.2. The van der Waals surface area contributed by atoms with Crippen molar-refractivity contribution in [1.82, 2.24) is 16.0 Å². The van der Waals surface area contributed by atoms with Gasteiger partial charge in [-0.25, -0.2) is 4.79 Å². The summed E-state index contributed by atoms with van der Waals surface area (Å²) in [6.45, 7) is -0.153. The van der Waals surface area contributed by atoms with E-state index in [0.717, 1.165) is 4.88 Å². The molecule has 0 aliphatic heterocycles. The molecular weight excluding hydrogens is 418 g/mol. The van der Waals surface area contributed by atoms with Crippen LogP contribution in [-0.4, -0.2) is 43.5 Å². The summed E-state index contributed by atoms with van der Waals surface area (Å²) in [4.78, 5) is 47.8. The molecule has 1 aromatic carbocycles. The van der Waals surface area contributed by atoms with Crippen molar-refractivity contribution in [3.05, 3.63) is 57.2 Å². The normalized spacial score (nSPS) is 10.1. The summed E-state index contributed by atoms with van der Waals surface area (Å²) in [7, 11) is 0. The third kappa shape index (κ3) is 8.75. The van der Waals surface area contributed by atoms with E-state index in [0.29, 0.717) is 23.6 Å². The molecule has 0 saturated carbocycles. The van der Waals surface area contributed by atoms with Gasteiger partial charge in [-0.05, 0) is 42.1 Å². The lowest BCUT2D eigenvalue weighted by Gasteiger charge is -2.08. The highest BCUT2D eigenvalue weighted by Gasteiger charge is 2.12. The van der Waals surface area contributed by atoms with E-state index in [-0.39, 0.29) is 18.9 Å². The number of hydrogen-bond acceptors (Lipinski definition) is 6. The number of carbonyl (C=O) groups is 4. The fourth-order valence-electron chi connectivity index (χ4n) is 2.16. The molecule has 0 fully saturated rings. The summed E-state index contributed by atoms with van der Waals surface area (Å²) in [5, 5.41) is 9.63. The van der Waals surface area contributed by atoms with Gasteiger partial charge in [0.15, 0.2) is 6.61 Å². The van der Waals surface area contributed by atoms with Gasteiger partial charge >= 0.3 is 12.0 Å². The Morgan fingerprint density at radius 3 is 2.45 bits per heavy atom. The first-order valence-corrected chi connectivity index (χ1v) is 9.99. The number of ether oxygens (including phenoxy) is 1. The van der Waals surface area contributed by atoms with E-state index in [2.05, 4.69) is 16.0 Å². The summed E-state index contributed by atoms with van der Waals surface area (Å²) in [5.41, 5.74) is 0.409. The molecule has 0 unspecified atom stereocenters. The molecule has 154 valence electrons. The first-order chi connectivity index (χ1) is 13.9. The summed E-state index contributed by atoms with van der Waals surface area (Å²) < 4.78 is 4.77. The number of carbonyl (C=O) groups excluding carboxylic acids is 4. The molecule has 0 atom stereocenters. The minimum Gasteiger partial charge on any atom is -0.456 e.